The molecule has 7 nitrogen and oxygen atoms in total. The van der Waals surface area contributed by atoms with Gasteiger partial charge in [-0.2, -0.15) is 10.2 Å². The molecule has 0 amide bonds. The molecule has 0 aliphatic carbocycles. The summed E-state index contributed by atoms with van der Waals surface area (Å²) in [6.45, 7) is 6.38. The van der Waals surface area contributed by atoms with E-state index in [4.69, 9.17) is 33.4 Å². The molecule has 10 rings (SSSR count). The molecule has 1 N–H and O–H groups in total. The number of hydrogen-bond acceptors (Lipinski definition) is 5. The third kappa shape index (κ3) is 7.95. The highest BCUT2D eigenvalue weighted by Crippen LogP contribution is 2.45. The van der Waals surface area contributed by atoms with Crippen molar-refractivity contribution in [1.29, 1.82) is 0 Å². The molecule has 0 atom stereocenters. The monoisotopic (exact) mass is 987 g/mol. The van der Waals surface area contributed by atoms with Crippen LogP contribution in [0, 0.1) is 3.70 Å². The zero-order chi connectivity index (χ0) is 44.3. The van der Waals surface area contributed by atoms with Crippen LogP contribution in [0.25, 0.3) is 21.8 Å². The van der Waals surface area contributed by atoms with Crippen molar-refractivity contribution in [3.8, 4) is 0 Å². The summed E-state index contributed by atoms with van der Waals surface area (Å²) < 4.78 is 5.08. The first-order valence-electron chi connectivity index (χ1n) is 21.0. The first kappa shape index (κ1) is 42.9. The lowest BCUT2D eigenvalue weighted by molar-refractivity contribution is 0.473. The second-order valence-electron chi connectivity index (χ2n) is 16.5. The van der Waals surface area contributed by atoms with Crippen molar-refractivity contribution in [2.75, 3.05) is 5.32 Å². The standard InChI is InChI=1S/C29H27ClN4.C25H17ClIN3/c1-28(2,3)32-27-24-20-31-26(30)19-25(24)34(33-27)29(21-13-7-4-8-14-21,22-15-9-5-10-16-22)23-17-11-6-12-18-23;26-23-16-22-21(17-28-23)24(27)29-30(22)25(18-10-4-1-5-11-18,19-12-6-2-7-13-19)20-14-8-3-9-15-20/h4-20H,1-3H3,(H,32,33);1-17H. The van der Waals surface area contributed by atoms with E-state index in [-0.39, 0.29) is 5.54 Å². The third-order valence-corrected chi connectivity index (χ3v) is 12.5. The van der Waals surface area contributed by atoms with Crippen molar-refractivity contribution in [3.05, 3.63) is 254 Å². The molecule has 4 heterocycles. The van der Waals surface area contributed by atoms with Crippen molar-refractivity contribution < 1.29 is 0 Å². The lowest BCUT2D eigenvalue weighted by Gasteiger charge is -2.37. The van der Waals surface area contributed by atoms with Crippen LogP contribution in [-0.4, -0.2) is 35.1 Å². The molecule has 0 radical (unpaired) electrons. The van der Waals surface area contributed by atoms with E-state index in [9.17, 15) is 0 Å². The summed E-state index contributed by atoms with van der Waals surface area (Å²) in [7, 11) is 0. The maximum absolute atomic E-state index is 6.45. The first-order valence-corrected chi connectivity index (χ1v) is 22.8. The summed E-state index contributed by atoms with van der Waals surface area (Å²) in [4.78, 5) is 8.67. The maximum Gasteiger partial charge on any atom is 0.158 e. The number of halogens is 3. The minimum atomic E-state index is -0.732. The fraction of sp³-hybridized carbons (Fsp3) is 0.111. The van der Waals surface area contributed by atoms with Crippen molar-refractivity contribution in [1.82, 2.24) is 29.5 Å². The van der Waals surface area contributed by atoms with Crippen LogP contribution in [0.4, 0.5) is 5.82 Å². The summed E-state index contributed by atoms with van der Waals surface area (Å²) in [5, 5.41) is 16.6. The number of anilines is 1. The van der Waals surface area contributed by atoms with Crippen molar-refractivity contribution >= 4 is 73.4 Å². The lowest BCUT2D eigenvalue weighted by Crippen LogP contribution is -2.38. The Morgan fingerprint density at radius 3 is 1.06 bits per heavy atom. The quantitative estimate of drug-likeness (QED) is 0.0886. The van der Waals surface area contributed by atoms with Gasteiger partial charge in [-0.25, -0.2) is 19.3 Å². The van der Waals surface area contributed by atoms with Crippen molar-refractivity contribution in [2.45, 2.75) is 37.4 Å². The SMILES string of the molecule is CC(C)(C)Nc1nn(C(c2ccccc2)(c2ccccc2)c2ccccc2)c2cc(Cl)ncc12.Clc1cc2c(cn1)c(I)nn2C(c1ccccc1)(c1ccccc1)c1ccccc1. The predicted molar refractivity (Wildman–Crippen MR) is 270 cm³/mol. The number of aromatic nitrogens is 6. The fourth-order valence-electron chi connectivity index (χ4n) is 8.70. The van der Waals surface area contributed by atoms with Gasteiger partial charge in [-0.1, -0.05) is 205 Å². The van der Waals surface area contributed by atoms with Crippen LogP contribution in [-0.2, 0) is 11.1 Å². The Bertz CT molecular complexity index is 2950. The number of nitrogens with zero attached hydrogens (tertiary/aromatic N) is 6. The lowest BCUT2D eigenvalue weighted by atomic mass is 9.77. The third-order valence-electron chi connectivity index (χ3n) is 11.3. The Kier molecular flexibility index (Phi) is 12.1. The van der Waals surface area contributed by atoms with Gasteiger partial charge >= 0.3 is 0 Å². The molecule has 0 spiro atoms. The predicted octanol–water partition coefficient (Wildman–Crippen LogP) is 13.7. The number of rotatable bonds is 9. The number of nitrogens with one attached hydrogen (secondary N) is 1. The molecule has 10 aromatic rings. The van der Waals surface area contributed by atoms with Crippen molar-refractivity contribution in [3.63, 3.8) is 0 Å². The Labute approximate surface area is 396 Å². The van der Waals surface area contributed by atoms with Gasteiger partial charge in [0, 0.05) is 30.1 Å². The van der Waals surface area contributed by atoms with Gasteiger partial charge in [0.15, 0.2) is 5.82 Å². The molecule has 0 fully saturated rings. The highest BCUT2D eigenvalue weighted by atomic mass is 127. The summed E-state index contributed by atoms with van der Waals surface area (Å²) in [6, 6.07) is 66.8. The molecule has 316 valence electrons. The van der Waals surface area contributed by atoms with Gasteiger partial charge in [0.25, 0.3) is 0 Å². The number of benzene rings is 6. The molecule has 4 aromatic heterocycles. The van der Waals surface area contributed by atoms with E-state index in [1.54, 1.807) is 12.4 Å². The Balaban J connectivity index is 0.000000163. The molecule has 0 saturated carbocycles. The molecule has 0 bridgehead atoms. The Hall–Kier alpha value is -6.33. The van der Waals surface area contributed by atoms with Crippen LogP contribution in [0.2, 0.25) is 10.3 Å². The highest BCUT2D eigenvalue weighted by molar-refractivity contribution is 14.1. The molecule has 10 heteroatoms. The molecule has 64 heavy (non-hydrogen) atoms. The number of fused-ring (bicyclic) bond motifs is 2. The van der Waals surface area contributed by atoms with Crippen LogP contribution >= 0.6 is 45.8 Å². The average Bonchev–Trinajstić information content (AvgIpc) is 3.84. The smallest absolute Gasteiger partial charge is 0.158 e. The molecular formula is C54H44Cl2IN7. The van der Waals surface area contributed by atoms with Gasteiger partial charge in [-0.05, 0) is 76.7 Å². The number of pyridine rings is 2. The van der Waals surface area contributed by atoms with Gasteiger partial charge in [0.1, 0.15) is 25.1 Å². The summed E-state index contributed by atoms with van der Waals surface area (Å²) in [6.07, 6.45) is 3.61. The second kappa shape index (κ2) is 18.0. The molecule has 0 unspecified atom stereocenters. The molecule has 0 aliphatic rings. The van der Waals surface area contributed by atoms with Gasteiger partial charge in [-0.15, -0.1) is 0 Å². The fourth-order valence-corrected chi connectivity index (χ4v) is 9.64. The zero-order valence-corrected chi connectivity index (χ0v) is 39.1. The van der Waals surface area contributed by atoms with E-state index in [2.05, 4.69) is 214 Å². The highest BCUT2D eigenvalue weighted by Gasteiger charge is 2.42. The van der Waals surface area contributed by atoms with Gasteiger partial charge in [-0.3, -0.25) is 0 Å². The van der Waals surface area contributed by atoms with E-state index < -0.39 is 11.1 Å². The van der Waals surface area contributed by atoms with Gasteiger partial charge in [0.05, 0.1) is 21.8 Å². The summed E-state index contributed by atoms with van der Waals surface area (Å²) in [5.41, 5.74) is 6.94. The average molecular weight is 989 g/mol. The largest absolute Gasteiger partial charge is 0.363 e. The van der Waals surface area contributed by atoms with E-state index >= 15 is 0 Å². The topological polar surface area (TPSA) is 73.5 Å². The van der Waals surface area contributed by atoms with E-state index in [1.165, 1.54) is 0 Å². The number of hydrogen-bond donors (Lipinski definition) is 1. The minimum Gasteiger partial charge on any atom is -0.363 e. The normalized spacial score (nSPS) is 11.9. The summed E-state index contributed by atoms with van der Waals surface area (Å²) >= 11 is 15.1. The zero-order valence-electron chi connectivity index (χ0n) is 35.4. The van der Waals surface area contributed by atoms with Crippen LogP contribution in [0.15, 0.2) is 207 Å². The molecule has 0 saturated heterocycles. The van der Waals surface area contributed by atoms with Crippen molar-refractivity contribution in [2.24, 2.45) is 0 Å². The Morgan fingerprint density at radius 1 is 0.438 bits per heavy atom. The van der Waals surface area contributed by atoms with E-state index in [0.717, 1.165) is 64.7 Å². The summed E-state index contributed by atoms with van der Waals surface area (Å²) in [5.74, 6) is 0.777. The van der Waals surface area contributed by atoms with Gasteiger partial charge < -0.3 is 5.32 Å². The second-order valence-corrected chi connectivity index (χ2v) is 18.3. The first-order chi connectivity index (χ1) is 31.1. The van der Waals surface area contributed by atoms with E-state index in [0.29, 0.717) is 10.3 Å². The van der Waals surface area contributed by atoms with Crippen LogP contribution in [0.5, 0.6) is 0 Å². The maximum atomic E-state index is 6.45. The minimum absolute atomic E-state index is 0.180. The van der Waals surface area contributed by atoms with E-state index in [1.807, 2.05) is 48.5 Å². The molecule has 0 aliphatic heterocycles. The van der Waals surface area contributed by atoms with Gasteiger partial charge in [0.2, 0.25) is 0 Å². The van der Waals surface area contributed by atoms with Crippen LogP contribution in [0.3, 0.4) is 0 Å². The molecular weight excluding hydrogens is 944 g/mol. The molecule has 6 aromatic carbocycles. The van der Waals surface area contributed by atoms with Crippen LogP contribution < -0.4 is 5.32 Å². The van der Waals surface area contributed by atoms with Crippen LogP contribution in [0.1, 0.15) is 54.2 Å². The Morgan fingerprint density at radius 2 is 0.734 bits per heavy atom.